The summed E-state index contributed by atoms with van der Waals surface area (Å²) in [6.07, 6.45) is 0.903. The maximum absolute atomic E-state index is 13.5. The highest BCUT2D eigenvalue weighted by Crippen LogP contribution is 2.19. The molecule has 2 rings (SSSR count). The minimum absolute atomic E-state index is 0.183. The first-order valence-corrected chi connectivity index (χ1v) is 7.73. The van der Waals surface area contributed by atoms with Gasteiger partial charge in [0.05, 0.1) is 5.75 Å². The maximum atomic E-state index is 13.5. The molecular weight excluding hydrogens is 263 g/mol. The Bertz CT molecular complexity index is 661. The van der Waals surface area contributed by atoms with Crippen molar-refractivity contribution in [1.29, 1.82) is 0 Å². The summed E-state index contributed by atoms with van der Waals surface area (Å²) in [7, 11) is -3.64. The van der Waals surface area contributed by atoms with Crippen LogP contribution in [0.5, 0.6) is 0 Å². The Hall–Kier alpha value is -1.68. The van der Waals surface area contributed by atoms with Crippen LogP contribution in [0.2, 0.25) is 0 Å². The normalized spacial score (nSPS) is 11.5. The zero-order valence-corrected chi connectivity index (χ0v) is 11.5. The Morgan fingerprint density at radius 1 is 0.947 bits per heavy atom. The predicted molar refractivity (Wildman–Crippen MR) is 73.1 cm³/mol. The highest BCUT2D eigenvalue weighted by Gasteiger charge is 2.19. The summed E-state index contributed by atoms with van der Waals surface area (Å²) in [6.45, 7) is 2.03. The number of hydrogen-bond acceptors (Lipinski definition) is 2. The molecule has 2 aromatic rings. The van der Waals surface area contributed by atoms with Crippen LogP contribution in [0.4, 0.5) is 4.39 Å². The van der Waals surface area contributed by atoms with Crippen molar-refractivity contribution in [2.24, 2.45) is 0 Å². The molecule has 2 aromatic carbocycles. The van der Waals surface area contributed by atoms with E-state index >= 15 is 0 Å². The molecule has 4 heteroatoms. The van der Waals surface area contributed by atoms with E-state index in [1.165, 1.54) is 18.2 Å². The molecule has 0 spiro atoms. The average Bonchev–Trinajstić information content (AvgIpc) is 2.39. The summed E-state index contributed by atoms with van der Waals surface area (Å²) in [6, 6.07) is 12.8. The van der Waals surface area contributed by atoms with E-state index in [2.05, 4.69) is 0 Å². The molecule has 0 bridgehead atoms. The van der Waals surface area contributed by atoms with Crippen LogP contribution in [0.3, 0.4) is 0 Å². The minimum atomic E-state index is -3.64. The van der Waals surface area contributed by atoms with Crippen molar-refractivity contribution in [3.05, 3.63) is 65.5 Å². The number of halogens is 1. The molecular formula is C15H15FO2S. The Morgan fingerprint density at radius 3 is 2.11 bits per heavy atom. The topological polar surface area (TPSA) is 34.1 Å². The third-order valence-corrected chi connectivity index (χ3v) is 4.67. The van der Waals surface area contributed by atoms with Gasteiger partial charge in [0.15, 0.2) is 9.84 Å². The third kappa shape index (κ3) is 3.20. The number of sulfone groups is 1. The van der Waals surface area contributed by atoms with Crippen molar-refractivity contribution in [3.63, 3.8) is 0 Å². The van der Waals surface area contributed by atoms with Crippen LogP contribution in [0.1, 0.15) is 18.1 Å². The van der Waals surface area contributed by atoms with E-state index in [0.717, 1.165) is 18.1 Å². The largest absolute Gasteiger partial charge is 0.223 e. The fourth-order valence-corrected chi connectivity index (χ4v) is 3.30. The molecule has 0 aliphatic heterocycles. The summed E-state index contributed by atoms with van der Waals surface area (Å²) in [5.74, 6) is -0.884. The second-order valence-corrected chi connectivity index (χ2v) is 6.32. The molecule has 2 nitrogen and oxygen atoms in total. The van der Waals surface area contributed by atoms with Gasteiger partial charge in [-0.3, -0.25) is 0 Å². The van der Waals surface area contributed by atoms with E-state index in [0.29, 0.717) is 5.56 Å². The molecule has 0 saturated carbocycles. The summed E-state index contributed by atoms with van der Waals surface area (Å²) in [5, 5.41) is 0. The molecule has 0 amide bonds. The Balaban J connectivity index is 2.28. The van der Waals surface area contributed by atoms with Gasteiger partial charge in [-0.25, -0.2) is 12.8 Å². The van der Waals surface area contributed by atoms with Crippen molar-refractivity contribution in [2.75, 3.05) is 0 Å². The average molecular weight is 278 g/mol. The highest BCUT2D eigenvalue weighted by atomic mass is 32.2. The van der Waals surface area contributed by atoms with Gasteiger partial charge >= 0.3 is 0 Å². The van der Waals surface area contributed by atoms with E-state index in [9.17, 15) is 12.8 Å². The third-order valence-electron chi connectivity index (χ3n) is 2.96. The molecule has 0 saturated heterocycles. The standard InChI is InChI=1S/C15H15FO2S/c1-2-12-7-9-13(10-8-12)11-19(17,18)15-6-4-3-5-14(15)16/h3-10H,2,11H2,1H3. The van der Waals surface area contributed by atoms with Crippen molar-refractivity contribution >= 4 is 9.84 Å². The lowest BCUT2D eigenvalue weighted by Crippen LogP contribution is -2.07. The van der Waals surface area contributed by atoms with Gasteiger partial charge in [-0.15, -0.1) is 0 Å². The van der Waals surface area contributed by atoms with Crippen LogP contribution in [0.15, 0.2) is 53.4 Å². The number of rotatable bonds is 4. The monoisotopic (exact) mass is 278 g/mol. The van der Waals surface area contributed by atoms with Gasteiger partial charge in [0.2, 0.25) is 0 Å². The number of benzene rings is 2. The Labute approximate surface area is 112 Å². The molecule has 0 N–H and O–H groups in total. The van der Waals surface area contributed by atoms with E-state index in [1.54, 1.807) is 12.1 Å². The lowest BCUT2D eigenvalue weighted by atomic mass is 10.1. The van der Waals surface area contributed by atoms with E-state index < -0.39 is 15.7 Å². The van der Waals surface area contributed by atoms with Gasteiger partial charge in [-0.2, -0.15) is 0 Å². The predicted octanol–water partition coefficient (Wildman–Crippen LogP) is 3.36. The van der Waals surface area contributed by atoms with Crippen LogP contribution in [-0.4, -0.2) is 8.42 Å². The van der Waals surface area contributed by atoms with E-state index in [4.69, 9.17) is 0 Å². The Kier molecular flexibility index (Phi) is 4.00. The van der Waals surface area contributed by atoms with Gasteiger partial charge in [-0.05, 0) is 29.7 Å². The van der Waals surface area contributed by atoms with E-state index in [1.807, 2.05) is 19.1 Å². The van der Waals surface area contributed by atoms with Crippen molar-refractivity contribution in [1.82, 2.24) is 0 Å². The molecule has 0 aliphatic carbocycles. The van der Waals surface area contributed by atoms with Crippen LogP contribution < -0.4 is 0 Å². The molecule has 0 aromatic heterocycles. The van der Waals surface area contributed by atoms with Gasteiger partial charge in [0.1, 0.15) is 10.7 Å². The molecule has 100 valence electrons. The summed E-state index contributed by atoms with van der Waals surface area (Å²) in [4.78, 5) is -0.241. The fourth-order valence-electron chi connectivity index (χ4n) is 1.87. The summed E-state index contributed by atoms with van der Waals surface area (Å²) >= 11 is 0. The second-order valence-electron chi connectivity index (χ2n) is 4.36. The van der Waals surface area contributed by atoms with Crippen molar-refractivity contribution < 1.29 is 12.8 Å². The van der Waals surface area contributed by atoms with Gasteiger partial charge < -0.3 is 0 Å². The molecule has 0 unspecified atom stereocenters. The van der Waals surface area contributed by atoms with Gasteiger partial charge in [0.25, 0.3) is 0 Å². The maximum Gasteiger partial charge on any atom is 0.185 e. The first kappa shape index (κ1) is 13.7. The van der Waals surface area contributed by atoms with Crippen LogP contribution in [0.25, 0.3) is 0 Å². The highest BCUT2D eigenvalue weighted by molar-refractivity contribution is 7.90. The van der Waals surface area contributed by atoms with Gasteiger partial charge in [0, 0.05) is 0 Å². The first-order chi connectivity index (χ1) is 9.03. The van der Waals surface area contributed by atoms with Crippen LogP contribution in [-0.2, 0) is 22.0 Å². The van der Waals surface area contributed by atoms with Crippen LogP contribution in [0, 0.1) is 5.82 Å². The SMILES string of the molecule is CCc1ccc(CS(=O)(=O)c2ccccc2F)cc1. The van der Waals surface area contributed by atoms with E-state index in [-0.39, 0.29) is 10.6 Å². The fraction of sp³-hybridized carbons (Fsp3) is 0.200. The zero-order chi connectivity index (χ0) is 13.9. The molecule has 0 atom stereocenters. The van der Waals surface area contributed by atoms with Crippen molar-refractivity contribution in [3.8, 4) is 0 Å². The molecule has 0 aliphatic rings. The second kappa shape index (κ2) is 5.53. The van der Waals surface area contributed by atoms with Crippen LogP contribution >= 0.6 is 0 Å². The number of hydrogen-bond donors (Lipinski definition) is 0. The first-order valence-electron chi connectivity index (χ1n) is 6.08. The smallest absolute Gasteiger partial charge is 0.185 e. The van der Waals surface area contributed by atoms with Gasteiger partial charge in [-0.1, -0.05) is 43.3 Å². The lowest BCUT2D eigenvalue weighted by molar-refractivity contribution is 0.566. The van der Waals surface area contributed by atoms with Crippen molar-refractivity contribution in [2.45, 2.75) is 24.0 Å². The zero-order valence-electron chi connectivity index (χ0n) is 10.6. The molecule has 0 radical (unpaired) electrons. The minimum Gasteiger partial charge on any atom is -0.223 e. The lowest BCUT2D eigenvalue weighted by Gasteiger charge is -2.06. The molecule has 19 heavy (non-hydrogen) atoms. The summed E-state index contributed by atoms with van der Waals surface area (Å²) in [5.41, 5.74) is 1.81. The molecule has 0 heterocycles. The molecule has 0 fully saturated rings. The summed E-state index contributed by atoms with van der Waals surface area (Å²) < 4.78 is 37.8. The number of aryl methyl sites for hydroxylation is 1. The Morgan fingerprint density at radius 2 is 1.53 bits per heavy atom. The quantitative estimate of drug-likeness (QED) is 0.859.